The van der Waals surface area contributed by atoms with Crippen LogP contribution in [0.1, 0.15) is 21.6 Å². The number of halogens is 1. The van der Waals surface area contributed by atoms with Crippen LogP contribution in [0, 0.1) is 5.82 Å². The SMILES string of the molecule is CN(Cc1ccc(F)cc1)C(=O)Cc1csc(NC(=O)c2ccccc2)n1. The Balaban J connectivity index is 1.55. The predicted molar refractivity (Wildman–Crippen MR) is 103 cm³/mol. The van der Waals surface area contributed by atoms with E-state index >= 15 is 0 Å². The molecule has 1 heterocycles. The number of hydrogen-bond acceptors (Lipinski definition) is 4. The Hall–Kier alpha value is -3.06. The predicted octanol–water partition coefficient (Wildman–Crippen LogP) is 3.74. The molecule has 2 aromatic carbocycles. The minimum Gasteiger partial charge on any atom is -0.341 e. The van der Waals surface area contributed by atoms with E-state index < -0.39 is 0 Å². The van der Waals surface area contributed by atoms with Gasteiger partial charge in [-0.3, -0.25) is 14.9 Å². The zero-order valence-corrected chi connectivity index (χ0v) is 15.5. The summed E-state index contributed by atoms with van der Waals surface area (Å²) in [4.78, 5) is 30.4. The standard InChI is InChI=1S/C20H18FN3O2S/c1-24(12-14-7-9-16(21)10-8-14)18(25)11-17-13-27-20(22-17)23-19(26)15-5-3-2-4-6-15/h2-10,13H,11-12H2,1H3,(H,22,23,26). The molecule has 0 bridgehead atoms. The van der Waals surface area contributed by atoms with Crippen molar-refractivity contribution in [1.82, 2.24) is 9.88 Å². The molecule has 0 saturated carbocycles. The van der Waals surface area contributed by atoms with Gasteiger partial charge in [0.05, 0.1) is 12.1 Å². The Bertz CT molecular complexity index is 926. The van der Waals surface area contributed by atoms with Gasteiger partial charge < -0.3 is 4.90 Å². The highest BCUT2D eigenvalue weighted by Gasteiger charge is 2.14. The van der Waals surface area contributed by atoms with Crippen molar-refractivity contribution in [2.75, 3.05) is 12.4 Å². The van der Waals surface area contributed by atoms with Crippen LogP contribution in [0.5, 0.6) is 0 Å². The van der Waals surface area contributed by atoms with Crippen LogP contribution in [0.4, 0.5) is 9.52 Å². The molecule has 1 N–H and O–H groups in total. The summed E-state index contributed by atoms with van der Waals surface area (Å²) < 4.78 is 13.0. The van der Waals surface area contributed by atoms with Crippen LogP contribution >= 0.6 is 11.3 Å². The van der Waals surface area contributed by atoms with Crippen LogP contribution in [0.15, 0.2) is 60.0 Å². The lowest BCUT2D eigenvalue weighted by atomic mass is 10.2. The maximum Gasteiger partial charge on any atom is 0.257 e. The van der Waals surface area contributed by atoms with E-state index in [1.807, 2.05) is 6.07 Å². The third-order valence-electron chi connectivity index (χ3n) is 3.90. The minimum atomic E-state index is -0.305. The molecule has 1 aromatic heterocycles. The van der Waals surface area contributed by atoms with Crippen molar-refractivity contribution >= 4 is 28.3 Å². The average molecular weight is 383 g/mol. The van der Waals surface area contributed by atoms with Gasteiger partial charge in [0.2, 0.25) is 5.91 Å². The number of amides is 2. The number of benzene rings is 2. The third kappa shape index (κ3) is 5.21. The molecule has 0 radical (unpaired) electrons. The number of anilines is 1. The zero-order chi connectivity index (χ0) is 19.2. The second-order valence-corrected chi connectivity index (χ2v) is 6.88. The van der Waals surface area contributed by atoms with E-state index in [1.165, 1.54) is 23.5 Å². The van der Waals surface area contributed by atoms with Crippen molar-refractivity contribution in [3.63, 3.8) is 0 Å². The van der Waals surface area contributed by atoms with Crippen molar-refractivity contribution in [2.24, 2.45) is 0 Å². The van der Waals surface area contributed by atoms with Gasteiger partial charge in [-0.05, 0) is 29.8 Å². The van der Waals surface area contributed by atoms with E-state index in [0.29, 0.717) is 22.9 Å². The largest absolute Gasteiger partial charge is 0.341 e. The Morgan fingerprint density at radius 2 is 1.81 bits per heavy atom. The lowest BCUT2D eigenvalue weighted by molar-refractivity contribution is -0.129. The first-order valence-electron chi connectivity index (χ1n) is 8.30. The van der Waals surface area contributed by atoms with Crippen molar-refractivity contribution in [1.29, 1.82) is 0 Å². The van der Waals surface area contributed by atoms with Crippen LogP contribution in [0.25, 0.3) is 0 Å². The van der Waals surface area contributed by atoms with Gasteiger partial charge in [0, 0.05) is 24.5 Å². The molecule has 27 heavy (non-hydrogen) atoms. The maximum atomic E-state index is 13.0. The summed E-state index contributed by atoms with van der Waals surface area (Å²) in [6.07, 6.45) is 0.134. The molecule has 0 fully saturated rings. The highest BCUT2D eigenvalue weighted by molar-refractivity contribution is 7.14. The van der Waals surface area contributed by atoms with Crippen molar-refractivity contribution in [3.05, 3.63) is 82.6 Å². The first kappa shape index (κ1) is 18.7. The molecule has 138 valence electrons. The monoisotopic (exact) mass is 383 g/mol. The van der Waals surface area contributed by atoms with E-state index in [9.17, 15) is 14.0 Å². The summed E-state index contributed by atoms with van der Waals surface area (Å²) >= 11 is 1.28. The Morgan fingerprint density at radius 3 is 2.52 bits per heavy atom. The van der Waals surface area contributed by atoms with Gasteiger partial charge in [-0.2, -0.15) is 0 Å². The van der Waals surface area contributed by atoms with Gasteiger partial charge in [-0.1, -0.05) is 30.3 Å². The van der Waals surface area contributed by atoms with Gasteiger partial charge in [0.1, 0.15) is 5.82 Å². The van der Waals surface area contributed by atoms with Crippen LogP contribution in [-0.2, 0) is 17.8 Å². The molecule has 0 aliphatic rings. The van der Waals surface area contributed by atoms with Gasteiger partial charge in [-0.15, -0.1) is 11.3 Å². The molecule has 3 aromatic rings. The Morgan fingerprint density at radius 1 is 1.11 bits per heavy atom. The van der Waals surface area contributed by atoms with Crippen molar-refractivity contribution in [2.45, 2.75) is 13.0 Å². The third-order valence-corrected chi connectivity index (χ3v) is 4.71. The number of carbonyl (C=O) groups excluding carboxylic acids is 2. The molecule has 0 unspecified atom stereocenters. The fourth-order valence-corrected chi connectivity index (χ4v) is 3.15. The maximum absolute atomic E-state index is 13.0. The molecular formula is C20H18FN3O2S. The Kier molecular flexibility index (Phi) is 5.93. The highest BCUT2D eigenvalue weighted by atomic mass is 32.1. The summed E-state index contributed by atoms with van der Waals surface area (Å²) in [6.45, 7) is 0.390. The lowest BCUT2D eigenvalue weighted by Gasteiger charge is -2.16. The number of hydrogen-bond donors (Lipinski definition) is 1. The summed E-state index contributed by atoms with van der Waals surface area (Å²) in [5.41, 5.74) is 1.99. The number of nitrogens with one attached hydrogen (secondary N) is 1. The fourth-order valence-electron chi connectivity index (χ4n) is 2.45. The summed E-state index contributed by atoms with van der Waals surface area (Å²) in [5.74, 6) is -0.651. The molecular weight excluding hydrogens is 365 g/mol. The molecule has 3 rings (SSSR count). The molecule has 0 saturated heterocycles. The normalized spacial score (nSPS) is 10.4. The molecule has 7 heteroatoms. The van der Waals surface area contributed by atoms with Gasteiger partial charge in [0.15, 0.2) is 5.13 Å². The first-order valence-corrected chi connectivity index (χ1v) is 9.18. The van der Waals surface area contributed by atoms with E-state index in [1.54, 1.807) is 53.7 Å². The number of thiazole rings is 1. The first-order chi connectivity index (χ1) is 13.0. The number of likely N-dealkylation sites (N-methyl/N-ethyl adjacent to an activating group) is 1. The van der Waals surface area contributed by atoms with Crippen molar-refractivity contribution < 1.29 is 14.0 Å². The smallest absolute Gasteiger partial charge is 0.257 e. The molecule has 0 spiro atoms. The minimum absolute atomic E-state index is 0.106. The molecule has 0 atom stereocenters. The van der Waals surface area contributed by atoms with Gasteiger partial charge >= 0.3 is 0 Å². The van der Waals surface area contributed by atoms with Crippen molar-refractivity contribution in [3.8, 4) is 0 Å². The lowest BCUT2D eigenvalue weighted by Crippen LogP contribution is -2.27. The quantitative estimate of drug-likeness (QED) is 0.705. The van der Waals surface area contributed by atoms with E-state index in [4.69, 9.17) is 0 Å². The molecule has 2 amide bonds. The topological polar surface area (TPSA) is 62.3 Å². The van der Waals surface area contributed by atoms with Crippen LogP contribution in [-0.4, -0.2) is 28.7 Å². The summed E-state index contributed by atoms with van der Waals surface area (Å²) in [5, 5.41) is 4.94. The molecule has 0 aliphatic heterocycles. The zero-order valence-electron chi connectivity index (χ0n) is 14.7. The highest BCUT2D eigenvalue weighted by Crippen LogP contribution is 2.17. The summed E-state index contributed by atoms with van der Waals surface area (Å²) in [6, 6.07) is 14.9. The van der Waals surface area contributed by atoms with E-state index in [-0.39, 0.29) is 24.1 Å². The van der Waals surface area contributed by atoms with Gasteiger partial charge in [0.25, 0.3) is 5.91 Å². The van der Waals surface area contributed by atoms with Crippen LogP contribution in [0.2, 0.25) is 0 Å². The van der Waals surface area contributed by atoms with E-state index in [2.05, 4.69) is 10.3 Å². The molecule has 5 nitrogen and oxygen atoms in total. The average Bonchev–Trinajstić information content (AvgIpc) is 3.11. The number of carbonyl (C=O) groups is 2. The number of nitrogens with zero attached hydrogens (tertiary/aromatic N) is 2. The van der Waals surface area contributed by atoms with Gasteiger partial charge in [-0.25, -0.2) is 9.37 Å². The number of rotatable bonds is 6. The second kappa shape index (κ2) is 8.55. The van der Waals surface area contributed by atoms with Crippen LogP contribution < -0.4 is 5.32 Å². The van der Waals surface area contributed by atoms with E-state index in [0.717, 1.165) is 5.56 Å². The fraction of sp³-hybridized carbons (Fsp3) is 0.150. The summed E-state index contributed by atoms with van der Waals surface area (Å²) in [7, 11) is 1.69. The van der Waals surface area contributed by atoms with Crippen LogP contribution in [0.3, 0.4) is 0 Å². The molecule has 0 aliphatic carbocycles. The second-order valence-electron chi connectivity index (χ2n) is 6.02. The number of aromatic nitrogens is 1. The Labute approximate surface area is 160 Å².